The molecule has 0 spiro atoms. The van der Waals surface area contributed by atoms with Crippen LogP contribution in [0.2, 0.25) is 0 Å². The van der Waals surface area contributed by atoms with Crippen LogP contribution in [-0.2, 0) is 9.59 Å². The summed E-state index contributed by atoms with van der Waals surface area (Å²) >= 11 is 0. The van der Waals surface area contributed by atoms with Gasteiger partial charge in [-0.2, -0.15) is 0 Å². The topological polar surface area (TPSA) is 54.4 Å². The largest absolute Gasteiger partial charge is 0.481 e. The molecule has 2 atom stereocenters. The van der Waals surface area contributed by atoms with Crippen LogP contribution in [0.15, 0.2) is 12.2 Å². The number of Topliss-reactive ketones (excluding diaryl/α,β-unsaturated/α-hetero) is 1. The molecular formula is C10H14O3. The number of carboxylic acids is 1. The lowest BCUT2D eigenvalue weighted by molar-refractivity contribution is -0.138. The SMILES string of the molecule is CC1CC(CC(=O)O)C=CCC1=O. The van der Waals surface area contributed by atoms with Crippen LogP contribution in [-0.4, -0.2) is 16.9 Å². The second-order valence-corrected chi connectivity index (χ2v) is 3.59. The summed E-state index contributed by atoms with van der Waals surface area (Å²) in [5.74, 6) is -0.557. The van der Waals surface area contributed by atoms with Gasteiger partial charge >= 0.3 is 5.97 Å². The fourth-order valence-corrected chi connectivity index (χ4v) is 1.62. The molecule has 1 N–H and O–H groups in total. The first-order valence-electron chi connectivity index (χ1n) is 4.50. The Balaban J connectivity index is 2.57. The maximum atomic E-state index is 11.2. The molecule has 0 saturated heterocycles. The van der Waals surface area contributed by atoms with Crippen molar-refractivity contribution in [3.63, 3.8) is 0 Å². The maximum Gasteiger partial charge on any atom is 0.303 e. The van der Waals surface area contributed by atoms with E-state index >= 15 is 0 Å². The van der Waals surface area contributed by atoms with Gasteiger partial charge in [0.25, 0.3) is 0 Å². The smallest absolute Gasteiger partial charge is 0.303 e. The van der Waals surface area contributed by atoms with Gasteiger partial charge in [0.1, 0.15) is 5.78 Å². The molecule has 1 aliphatic rings. The van der Waals surface area contributed by atoms with E-state index in [4.69, 9.17) is 5.11 Å². The number of carboxylic acid groups (broad SMARTS) is 1. The fraction of sp³-hybridized carbons (Fsp3) is 0.600. The molecule has 1 aliphatic carbocycles. The van der Waals surface area contributed by atoms with Crippen LogP contribution in [0.1, 0.15) is 26.2 Å². The Bertz CT molecular complexity index is 243. The van der Waals surface area contributed by atoms with Gasteiger partial charge < -0.3 is 5.11 Å². The molecule has 0 amide bonds. The lowest BCUT2D eigenvalue weighted by Crippen LogP contribution is -2.13. The van der Waals surface area contributed by atoms with Crippen LogP contribution in [0.4, 0.5) is 0 Å². The summed E-state index contributed by atoms with van der Waals surface area (Å²) in [5, 5.41) is 8.59. The van der Waals surface area contributed by atoms with Crippen molar-refractivity contribution < 1.29 is 14.7 Å². The summed E-state index contributed by atoms with van der Waals surface area (Å²) < 4.78 is 0. The number of hydrogen-bond donors (Lipinski definition) is 1. The Labute approximate surface area is 77.4 Å². The Morgan fingerprint density at radius 1 is 1.69 bits per heavy atom. The Kier molecular flexibility index (Phi) is 3.23. The van der Waals surface area contributed by atoms with Crippen molar-refractivity contribution in [1.82, 2.24) is 0 Å². The minimum Gasteiger partial charge on any atom is -0.481 e. The van der Waals surface area contributed by atoms with Gasteiger partial charge in [-0.1, -0.05) is 19.1 Å². The molecule has 3 nitrogen and oxygen atoms in total. The first-order chi connectivity index (χ1) is 6.09. The lowest BCUT2D eigenvalue weighted by atomic mass is 9.92. The van der Waals surface area contributed by atoms with Crippen LogP contribution < -0.4 is 0 Å². The van der Waals surface area contributed by atoms with Crippen molar-refractivity contribution in [2.75, 3.05) is 0 Å². The summed E-state index contributed by atoms with van der Waals surface area (Å²) in [6.45, 7) is 1.87. The highest BCUT2D eigenvalue weighted by Gasteiger charge is 2.20. The van der Waals surface area contributed by atoms with Gasteiger partial charge in [0.05, 0.1) is 6.42 Å². The highest BCUT2D eigenvalue weighted by atomic mass is 16.4. The van der Waals surface area contributed by atoms with Crippen molar-refractivity contribution in [2.24, 2.45) is 11.8 Å². The van der Waals surface area contributed by atoms with Gasteiger partial charge in [-0.25, -0.2) is 0 Å². The van der Waals surface area contributed by atoms with Gasteiger partial charge in [0.2, 0.25) is 0 Å². The summed E-state index contributed by atoms with van der Waals surface area (Å²) in [6, 6.07) is 0. The maximum absolute atomic E-state index is 11.2. The van der Waals surface area contributed by atoms with E-state index in [1.54, 1.807) is 6.08 Å². The average molecular weight is 182 g/mol. The molecular weight excluding hydrogens is 168 g/mol. The van der Waals surface area contributed by atoms with E-state index < -0.39 is 5.97 Å². The van der Waals surface area contributed by atoms with Crippen molar-refractivity contribution in [1.29, 1.82) is 0 Å². The Morgan fingerprint density at radius 3 is 3.00 bits per heavy atom. The molecule has 0 bridgehead atoms. The van der Waals surface area contributed by atoms with Gasteiger partial charge in [-0.05, 0) is 12.3 Å². The summed E-state index contributed by atoms with van der Waals surface area (Å²) in [7, 11) is 0. The van der Waals surface area contributed by atoms with E-state index in [-0.39, 0.29) is 24.0 Å². The molecule has 13 heavy (non-hydrogen) atoms. The molecule has 0 radical (unpaired) electrons. The monoisotopic (exact) mass is 182 g/mol. The first-order valence-corrected chi connectivity index (χ1v) is 4.50. The molecule has 2 unspecified atom stereocenters. The molecule has 0 fully saturated rings. The average Bonchev–Trinajstić information content (AvgIpc) is 2.14. The molecule has 0 aromatic rings. The number of rotatable bonds is 2. The zero-order valence-electron chi connectivity index (χ0n) is 7.69. The summed E-state index contributed by atoms with van der Waals surface area (Å²) in [4.78, 5) is 21.7. The minimum absolute atomic E-state index is 0.000602. The molecule has 72 valence electrons. The van der Waals surface area contributed by atoms with Crippen LogP contribution in [0.5, 0.6) is 0 Å². The third kappa shape index (κ3) is 3.01. The predicted molar refractivity (Wildman–Crippen MR) is 48.3 cm³/mol. The van der Waals surface area contributed by atoms with E-state index in [1.807, 2.05) is 13.0 Å². The molecule has 0 aromatic heterocycles. The van der Waals surface area contributed by atoms with E-state index in [0.717, 1.165) is 0 Å². The number of aliphatic carboxylic acids is 1. The Morgan fingerprint density at radius 2 is 2.38 bits per heavy atom. The molecule has 0 heterocycles. The summed E-state index contributed by atoms with van der Waals surface area (Å²) in [5.41, 5.74) is 0. The standard InChI is InChI=1S/C10H14O3/c1-7-5-8(6-10(12)13)3-2-4-9(7)11/h2-3,7-8H,4-6H2,1H3,(H,12,13). The van der Waals surface area contributed by atoms with Crippen molar-refractivity contribution in [2.45, 2.75) is 26.2 Å². The number of allylic oxidation sites excluding steroid dienone is 2. The number of hydrogen-bond acceptors (Lipinski definition) is 2. The van der Waals surface area contributed by atoms with Crippen molar-refractivity contribution >= 4 is 11.8 Å². The zero-order chi connectivity index (χ0) is 9.84. The number of carbonyl (C=O) groups is 2. The zero-order valence-corrected chi connectivity index (χ0v) is 7.69. The predicted octanol–water partition coefficient (Wildman–Crippen LogP) is 1.63. The number of carbonyl (C=O) groups excluding carboxylic acids is 1. The minimum atomic E-state index is -0.795. The number of ketones is 1. The molecule has 0 aromatic carbocycles. The van der Waals surface area contributed by atoms with Gasteiger partial charge in [-0.15, -0.1) is 0 Å². The van der Waals surface area contributed by atoms with Crippen LogP contribution in [0.25, 0.3) is 0 Å². The van der Waals surface area contributed by atoms with Crippen molar-refractivity contribution in [3.8, 4) is 0 Å². The second kappa shape index (κ2) is 4.21. The highest BCUT2D eigenvalue weighted by molar-refractivity contribution is 5.82. The quantitative estimate of drug-likeness (QED) is 0.660. The lowest BCUT2D eigenvalue weighted by Gasteiger charge is -2.11. The molecule has 0 aliphatic heterocycles. The van der Waals surface area contributed by atoms with Gasteiger partial charge in [0.15, 0.2) is 0 Å². The van der Waals surface area contributed by atoms with E-state index in [1.165, 1.54) is 0 Å². The van der Waals surface area contributed by atoms with Crippen molar-refractivity contribution in [3.05, 3.63) is 12.2 Å². The Hall–Kier alpha value is -1.12. The molecule has 0 saturated carbocycles. The fourth-order valence-electron chi connectivity index (χ4n) is 1.62. The summed E-state index contributed by atoms with van der Waals surface area (Å²) in [6.07, 6.45) is 4.90. The van der Waals surface area contributed by atoms with Gasteiger partial charge in [0, 0.05) is 12.3 Å². The van der Waals surface area contributed by atoms with E-state index in [0.29, 0.717) is 12.8 Å². The van der Waals surface area contributed by atoms with Crippen LogP contribution in [0, 0.1) is 11.8 Å². The van der Waals surface area contributed by atoms with Crippen LogP contribution in [0.3, 0.4) is 0 Å². The third-order valence-electron chi connectivity index (χ3n) is 2.37. The van der Waals surface area contributed by atoms with E-state index in [2.05, 4.69) is 0 Å². The molecule has 1 rings (SSSR count). The third-order valence-corrected chi connectivity index (χ3v) is 2.37. The first kappa shape index (κ1) is 9.96. The highest BCUT2D eigenvalue weighted by Crippen LogP contribution is 2.22. The second-order valence-electron chi connectivity index (χ2n) is 3.59. The van der Waals surface area contributed by atoms with Gasteiger partial charge in [-0.3, -0.25) is 9.59 Å². The molecule has 3 heteroatoms. The normalized spacial score (nSPS) is 28.5. The van der Waals surface area contributed by atoms with E-state index in [9.17, 15) is 9.59 Å². The van der Waals surface area contributed by atoms with Crippen LogP contribution >= 0.6 is 0 Å².